The molecule has 0 aromatic heterocycles. The van der Waals surface area contributed by atoms with Gasteiger partial charge in [0.25, 0.3) is 5.91 Å². The number of hydrogen-bond donors (Lipinski definition) is 1. The number of hydrogen-bond acceptors (Lipinski definition) is 6. The van der Waals surface area contributed by atoms with Gasteiger partial charge in [0.2, 0.25) is 11.8 Å². The van der Waals surface area contributed by atoms with E-state index in [9.17, 15) is 19.2 Å². The fourth-order valence-electron chi connectivity index (χ4n) is 3.58. The van der Waals surface area contributed by atoms with Crippen molar-refractivity contribution < 1.29 is 28.7 Å². The number of ether oxygens (including phenoxy) is 2. The number of fused-ring (bicyclic) bond motifs is 1. The number of benzene rings is 1. The largest absolute Gasteiger partial charge is 0.495 e. The Morgan fingerprint density at radius 2 is 1.76 bits per heavy atom. The Balaban J connectivity index is 1.49. The fraction of sp³-hybridized carbons (Fsp3) is 0.429. The quantitative estimate of drug-likeness (QED) is 0.426. The van der Waals surface area contributed by atoms with E-state index in [4.69, 9.17) is 9.47 Å². The number of likely N-dealkylation sites (tertiary alicyclic amines) is 1. The van der Waals surface area contributed by atoms with E-state index in [0.717, 1.165) is 4.90 Å². The Kier molecular flexibility index (Phi) is 6.31. The lowest BCUT2D eigenvalue weighted by Crippen LogP contribution is -2.35. The van der Waals surface area contributed by atoms with Gasteiger partial charge in [-0.1, -0.05) is 24.3 Å². The number of para-hydroxylation sites is 2. The minimum atomic E-state index is -1.04. The van der Waals surface area contributed by atoms with Gasteiger partial charge in [0.05, 0.1) is 31.1 Å². The van der Waals surface area contributed by atoms with Crippen LogP contribution in [0, 0.1) is 11.8 Å². The van der Waals surface area contributed by atoms with Gasteiger partial charge in [0.1, 0.15) is 5.75 Å². The lowest BCUT2D eigenvalue weighted by molar-refractivity contribution is -0.154. The highest BCUT2D eigenvalue weighted by Crippen LogP contribution is 2.35. The van der Waals surface area contributed by atoms with Gasteiger partial charge >= 0.3 is 5.97 Å². The van der Waals surface area contributed by atoms with Gasteiger partial charge < -0.3 is 14.8 Å². The summed E-state index contributed by atoms with van der Waals surface area (Å²) in [5.41, 5.74) is 0.465. The van der Waals surface area contributed by atoms with E-state index in [1.165, 1.54) is 14.0 Å². The first-order valence-electron chi connectivity index (χ1n) is 9.56. The van der Waals surface area contributed by atoms with Gasteiger partial charge in [-0.25, -0.2) is 0 Å². The molecule has 154 valence electrons. The highest BCUT2D eigenvalue weighted by Gasteiger charge is 2.47. The van der Waals surface area contributed by atoms with Crippen LogP contribution in [0.15, 0.2) is 36.4 Å². The number of nitrogens with one attached hydrogen (secondary N) is 1. The summed E-state index contributed by atoms with van der Waals surface area (Å²) in [4.78, 5) is 50.4. The normalized spacial score (nSPS) is 21.5. The van der Waals surface area contributed by atoms with Crippen LogP contribution in [0.4, 0.5) is 5.69 Å². The van der Waals surface area contributed by atoms with Crippen molar-refractivity contribution in [2.75, 3.05) is 19.0 Å². The average molecular weight is 400 g/mol. The molecule has 1 aliphatic carbocycles. The molecule has 3 atom stereocenters. The Labute approximate surface area is 168 Å². The molecule has 0 saturated carbocycles. The van der Waals surface area contributed by atoms with E-state index in [1.807, 2.05) is 12.2 Å². The van der Waals surface area contributed by atoms with Crippen LogP contribution in [0.2, 0.25) is 0 Å². The first-order valence-corrected chi connectivity index (χ1v) is 9.56. The van der Waals surface area contributed by atoms with Crippen molar-refractivity contribution in [3.8, 4) is 5.75 Å². The van der Waals surface area contributed by atoms with Gasteiger partial charge in [-0.2, -0.15) is 0 Å². The molecule has 8 nitrogen and oxygen atoms in total. The molecular formula is C21H24N2O6. The van der Waals surface area contributed by atoms with Crippen molar-refractivity contribution >= 4 is 29.4 Å². The summed E-state index contributed by atoms with van der Waals surface area (Å²) in [6, 6.07) is 6.88. The third-order valence-electron chi connectivity index (χ3n) is 5.18. The Bertz CT molecular complexity index is 823. The van der Waals surface area contributed by atoms with Gasteiger partial charge in [0, 0.05) is 6.54 Å². The number of methoxy groups -OCH3 is 1. The number of esters is 1. The molecule has 1 aromatic rings. The van der Waals surface area contributed by atoms with Gasteiger partial charge in [-0.3, -0.25) is 24.1 Å². The number of carbonyl (C=O) groups is 4. The summed E-state index contributed by atoms with van der Waals surface area (Å²) in [5.74, 6) is -1.79. The minimum Gasteiger partial charge on any atom is -0.495 e. The van der Waals surface area contributed by atoms with Crippen LogP contribution in [0.25, 0.3) is 0 Å². The van der Waals surface area contributed by atoms with Crippen LogP contribution in [0.1, 0.15) is 26.2 Å². The van der Waals surface area contributed by atoms with Crippen molar-refractivity contribution in [1.82, 2.24) is 4.90 Å². The first kappa shape index (κ1) is 20.6. The topological polar surface area (TPSA) is 102 Å². The van der Waals surface area contributed by atoms with E-state index >= 15 is 0 Å². The molecule has 29 heavy (non-hydrogen) atoms. The Morgan fingerprint density at radius 3 is 2.38 bits per heavy atom. The molecule has 0 bridgehead atoms. The van der Waals surface area contributed by atoms with Crippen LogP contribution in [-0.4, -0.2) is 48.3 Å². The maximum absolute atomic E-state index is 12.4. The summed E-state index contributed by atoms with van der Waals surface area (Å²) in [6.07, 6.45) is 3.73. The molecule has 3 amide bonds. The first-order chi connectivity index (χ1) is 13.9. The van der Waals surface area contributed by atoms with Crippen molar-refractivity contribution in [3.63, 3.8) is 0 Å². The molecule has 1 N–H and O–H groups in total. The van der Waals surface area contributed by atoms with Crippen molar-refractivity contribution in [2.45, 2.75) is 32.3 Å². The summed E-state index contributed by atoms with van der Waals surface area (Å²) < 4.78 is 10.3. The zero-order valence-electron chi connectivity index (χ0n) is 16.4. The maximum atomic E-state index is 12.4. The van der Waals surface area contributed by atoms with Crippen molar-refractivity contribution in [2.24, 2.45) is 11.8 Å². The fourth-order valence-corrected chi connectivity index (χ4v) is 3.58. The molecule has 1 heterocycles. The highest BCUT2D eigenvalue weighted by atomic mass is 16.5. The van der Waals surface area contributed by atoms with Crippen LogP contribution < -0.4 is 10.1 Å². The second-order valence-corrected chi connectivity index (χ2v) is 7.06. The zero-order chi connectivity index (χ0) is 21.0. The number of imide groups is 1. The number of amides is 3. The minimum absolute atomic E-state index is 0.0374. The Hall–Kier alpha value is -3.16. The molecule has 1 fully saturated rings. The molecule has 0 spiro atoms. The third kappa shape index (κ3) is 4.47. The summed E-state index contributed by atoms with van der Waals surface area (Å²) in [6.45, 7) is 1.42. The molecule has 0 radical (unpaired) electrons. The molecule has 1 aromatic carbocycles. The average Bonchev–Trinajstić information content (AvgIpc) is 2.97. The predicted molar refractivity (Wildman–Crippen MR) is 104 cm³/mol. The van der Waals surface area contributed by atoms with E-state index in [-0.39, 0.29) is 36.6 Å². The molecule has 3 rings (SSSR count). The Morgan fingerprint density at radius 1 is 1.14 bits per heavy atom. The molecule has 2 aliphatic rings. The lowest BCUT2D eigenvalue weighted by atomic mass is 9.85. The lowest BCUT2D eigenvalue weighted by Gasteiger charge is -2.17. The summed E-state index contributed by atoms with van der Waals surface area (Å²) >= 11 is 0. The second kappa shape index (κ2) is 8.89. The molecular weight excluding hydrogens is 376 g/mol. The van der Waals surface area contributed by atoms with Crippen LogP contribution in [0.3, 0.4) is 0 Å². The van der Waals surface area contributed by atoms with Crippen LogP contribution in [0.5, 0.6) is 5.75 Å². The molecule has 1 saturated heterocycles. The van der Waals surface area contributed by atoms with Gasteiger partial charge in [-0.15, -0.1) is 0 Å². The smallest absolute Gasteiger partial charge is 0.308 e. The van der Waals surface area contributed by atoms with Crippen molar-refractivity contribution in [1.29, 1.82) is 0 Å². The zero-order valence-corrected chi connectivity index (χ0v) is 16.4. The number of anilines is 1. The molecule has 8 heteroatoms. The number of carbonyl (C=O) groups excluding carboxylic acids is 4. The summed E-state index contributed by atoms with van der Waals surface area (Å²) in [7, 11) is 1.49. The van der Waals surface area contributed by atoms with Gasteiger partial charge in [-0.05, 0) is 31.9 Å². The van der Waals surface area contributed by atoms with E-state index < -0.39 is 18.0 Å². The van der Waals surface area contributed by atoms with E-state index in [0.29, 0.717) is 24.3 Å². The monoisotopic (exact) mass is 400 g/mol. The predicted octanol–water partition coefficient (Wildman–Crippen LogP) is 1.91. The third-order valence-corrected chi connectivity index (χ3v) is 5.18. The molecule has 1 aliphatic heterocycles. The second-order valence-electron chi connectivity index (χ2n) is 7.06. The number of allylic oxidation sites excluding steroid dienone is 2. The number of nitrogens with zero attached hydrogens (tertiary/aromatic N) is 1. The summed E-state index contributed by atoms with van der Waals surface area (Å²) in [5, 5.41) is 2.64. The van der Waals surface area contributed by atoms with Crippen LogP contribution >= 0.6 is 0 Å². The highest BCUT2D eigenvalue weighted by molar-refractivity contribution is 6.05. The van der Waals surface area contributed by atoms with E-state index in [2.05, 4.69) is 5.32 Å². The molecule has 0 unspecified atom stereocenters. The van der Waals surface area contributed by atoms with Gasteiger partial charge in [0.15, 0.2) is 6.10 Å². The SMILES string of the molecule is COc1ccccc1NC(=O)[C@H](C)OC(=O)CCN1C(=O)[C@H]2CC=CC[C@H]2C1=O. The van der Waals surface area contributed by atoms with E-state index in [1.54, 1.807) is 24.3 Å². The van der Waals surface area contributed by atoms with Crippen molar-refractivity contribution in [3.05, 3.63) is 36.4 Å². The van der Waals surface area contributed by atoms with Crippen LogP contribution in [-0.2, 0) is 23.9 Å². The maximum Gasteiger partial charge on any atom is 0.308 e. The standard InChI is InChI=1S/C21H24N2O6/c1-13(19(25)22-16-9-5-6-10-17(16)28-2)29-18(24)11-12-23-20(26)14-7-3-4-8-15(14)21(23)27/h3-6,9-10,13-15H,7-8,11-12H2,1-2H3,(H,22,25)/t13-,14-,15+/m0/s1. The number of rotatable bonds is 7.